The highest BCUT2D eigenvalue weighted by molar-refractivity contribution is 6.06. The molecule has 1 aromatic carbocycles. The van der Waals surface area contributed by atoms with Gasteiger partial charge in [0.15, 0.2) is 0 Å². The number of amides is 2. The van der Waals surface area contributed by atoms with E-state index in [2.05, 4.69) is 17.3 Å². The molecule has 0 N–H and O–H groups in total. The molecule has 2 bridgehead atoms. The molecule has 3 fully saturated rings. The summed E-state index contributed by atoms with van der Waals surface area (Å²) < 4.78 is 7.20. The van der Waals surface area contributed by atoms with Gasteiger partial charge in [-0.25, -0.2) is 4.79 Å². The molecular weight excluding hydrogens is 430 g/mol. The van der Waals surface area contributed by atoms with E-state index < -0.39 is 0 Å². The summed E-state index contributed by atoms with van der Waals surface area (Å²) in [6.45, 7) is 5.96. The van der Waals surface area contributed by atoms with Gasteiger partial charge in [0.25, 0.3) is 11.8 Å². The van der Waals surface area contributed by atoms with E-state index in [1.807, 2.05) is 42.7 Å². The summed E-state index contributed by atoms with van der Waals surface area (Å²) in [5, 5.41) is 5.49. The zero-order chi connectivity index (χ0) is 23.7. The number of carbonyl (C=O) groups is 3. The Balaban J connectivity index is 1.30. The minimum absolute atomic E-state index is 0.169. The maximum atomic E-state index is 13.2. The molecular formula is C27H27N3O4. The standard InChI is InChI=1S/C27H27N3O4/c1-4-34-27(33)19-7-5-6-8-22(19)29-14(2)11-16(15(29)3)13-28-30-25(31)23-17-9-10-18(21-12-20(17)21)24(23)26(30)32/h5-11,13,17-18,20-21,23-24H,4,12H2,1-3H3/b28-13-/t17-,18-,20-,21-,23+,24+/m0/s1. The van der Waals surface area contributed by atoms with E-state index in [4.69, 9.17) is 4.74 Å². The number of carbonyl (C=O) groups excluding carboxylic acids is 3. The first kappa shape index (κ1) is 21.1. The van der Waals surface area contributed by atoms with Crippen molar-refractivity contribution in [3.05, 3.63) is 65.0 Å². The lowest BCUT2D eigenvalue weighted by Crippen LogP contribution is -2.40. The van der Waals surface area contributed by atoms with Gasteiger partial charge in [0.2, 0.25) is 0 Å². The molecule has 0 radical (unpaired) electrons. The van der Waals surface area contributed by atoms with E-state index in [9.17, 15) is 14.4 Å². The van der Waals surface area contributed by atoms with Crippen LogP contribution in [0.3, 0.4) is 0 Å². The molecule has 34 heavy (non-hydrogen) atoms. The fourth-order valence-electron chi connectivity index (χ4n) is 6.51. The molecule has 2 amide bonds. The Morgan fingerprint density at radius 1 is 1.09 bits per heavy atom. The first-order valence-corrected chi connectivity index (χ1v) is 12.0. The Labute approximate surface area is 198 Å². The minimum Gasteiger partial charge on any atom is -0.462 e. The van der Waals surface area contributed by atoms with Crippen LogP contribution in [0.25, 0.3) is 5.69 Å². The van der Waals surface area contributed by atoms with Gasteiger partial charge >= 0.3 is 5.97 Å². The number of hydrogen-bond donors (Lipinski definition) is 0. The number of hydrogen-bond acceptors (Lipinski definition) is 5. The summed E-state index contributed by atoms with van der Waals surface area (Å²) in [4.78, 5) is 38.9. The first-order chi connectivity index (χ1) is 16.4. The largest absolute Gasteiger partial charge is 0.462 e. The average molecular weight is 458 g/mol. The van der Waals surface area contributed by atoms with Crippen molar-refractivity contribution in [2.24, 2.45) is 40.6 Å². The highest BCUT2D eigenvalue weighted by Crippen LogP contribution is 2.65. The summed E-state index contributed by atoms with van der Waals surface area (Å²) in [5.74, 6) is 0.264. The number of rotatable bonds is 5. The van der Waals surface area contributed by atoms with Crippen LogP contribution in [0.1, 0.15) is 40.7 Å². The number of aromatic nitrogens is 1. The Hall–Kier alpha value is -3.48. The maximum absolute atomic E-state index is 13.2. The van der Waals surface area contributed by atoms with Gasteiger partial charge in [-0.1, -0.05) is 24.3 Å². The number of esters is 1. The van der Waals surface area contributed by atoms with E-state index in [0.717, 1.165) is 34.1 Å². The fourth-order valence-corrected chi connectivity index (χ4v) is 6.51. The van der Waals surface area contributed by atoms with Gasteiger partial charge in [-0.05, 0) is 69.1 Å². The van der Waals surface area contributed by atoms with E-state index in [1.165, 1.54) is 0 Å². The summed E-state index contributed by atoms with van der Waals surface area (Å²) in [6, 6.07) is 9.25. The van der Waals surface area contributed by atoms with Crippen LogP contribution >= 0.6 is 0 Å². The van der Waals surface area contributed by atoms with Gasteiger partial charge in [-0.3, -0.25) is 9.59 Å². The zero-order valence-corrected chi connectivity index (χ0v) is 19.5. The quantitative estimate of drug-likeness (QED) is 0.297. The van der Waals surface area contributed by atoms with Crippen LogP contribution in [-0.4, -0.2) is 40.2 Å². The number of para-hydroxylation sites is 1. The summed E-state index contributed by atoms with van der Waals surface area (Å²) >= 11 is 0. The lowest BCUT2D eigenvalue weighted by Gasteiger charge is -2.37. The maximum Gasteiger partial charge on any atom is 0.340 e. The number of imide groups is 1. The van der Waals surface area contributed by atoms with Crippen LogP contribution < -0.4 is 0 Å². The highest BCUT2D eigenvalue weighted by atomic mass is 16.5. The molecule has 4 aliphatic carbocycles. The molecule has 174 valence electrons. The predicted octanol–water partition coefficient (Wildman–Crippen LogP) is 3.66. The Morgan fingerprint density at radius 2 is 1.74 bits per heavy atom. The second-order valence-corrected chi connectivity index (χ2v) is 9.79. The van der Waals surface area contributed by atoms with Crippen molar-refractivity contribution in [1.29, 1.82) is 0 Å². The van der Waals surface area contributed by atoms with Gasteiger partial charge in [-0.2, -0.15) is 10.1 Å². The molecule has 2 saturated carbocycles. The van der Waals surface area contributed by atoms with E-state index in [1.54, 1.807) is 19.2 Å². The molecule has 0 unspecified atom stereocenters. The van der Waals surface area contributed by atoms with Crippen molar-refractivity contribution < 1.29 is 19.1 Å². The molecule has 7 nitrogen and oxygen atoms in total. The Bertz CT molecular complexity index is 1250. The third-order valence-electron chi connectivity index (χ3n) is 8.06. The monoisotopic (exact) mass is 457 g/mol. The highest BCUT2D eigenvalue weighted by Gasteiger charge is 2.67. The van der Waals surface area contributed by atoms with Gasteiger partial charge in [0.05, 0.1) is 35.9 Å². The second-order valence-electron chi connectivity index (χ2n) is 9.79. The molecule has 5 aliphatic rings. The normalized spacial score (nSPS) is 30.7. The van der Waals surface area contributed by atoms with E-state index in [0.29, 0.717) is 24.0 Å². The molecule has 7 rings (SSSR count). The van der Waals surface area contributed by atoms with Crippen molar-refractivity contribution >= 4 is 24.0 Å². The van der Waals surface area contributed by atoms with Gasteiger partial charge < -0.3 is 9.30 Å². The predicted molar refractivity (Wildman–Crippen MR) is 125 cm³/mol. The van der Waals surface area contributed by atoms with Gasteiger partial charge in [-0.15, -0.1) is 0 Å². The molecule has 1 aliphatic heterocycles. The summed E-state index contributed by atoms with van der Waals surface area (Å²) in [6.07, 6.45) is 7.05. The number of hydrazone groups is 1. The van der Waals surface area contributed by atoms with Crippen molar-refractivity contribution in [1.82, 2.24) is 9.58 Å². The lowest BCUT2D eigenvalue weighted by molar-refractivity contribution is -0.140. The lowest BCUT2D eigenvalue weighted by atomic mass is 9.63. The van der Waals surface area contributed by atoms with Gasteiger partial charge in [0.1, 0.15) is 0 Å². The van der Waals surface area contributed by atoms with Crippen LogP contribution in [0.2, 0.25) is 0 Å². The number of benzene rings is 1. The molecule has 1 saturated heterocycles. The molecule has 0 spiro atoms. The first-order valence-electron chi connectivity index (χ1n) is 12.0. The number of ether oxygens (including phenoxy) is 1. The van der Waals surface area contributed by atoms with Crippen LogP contribution in [0, 0.1) is 49.4 Å². The summed E-state index contributed by atoms with van der Waals surface area (Å²) in [7, 11) is 0. The smallest absolute Gasteiger partial charge is 0.340 e. The fraction of sp³-hybridized carbons (Fsp3) is 0.407. The van der Waals surface area contributed by atoms with Crippen LogP contribution in [0.5, 0.6) is 0 Å². The average Bonchev–Trinajstić information content (AvgIpc) is 3.56. The third-order valence-corrected chi connectivity index (χ3v) is 8.06. The second kappa shape index (κ2) is 7.52. The number of aryl methyl sites for hydroxylation is 1. The molecule has 2 aromatic rings. The Kier molecular flexibility index (Phi) is 4.66. The molecule has 6 atom stereocenters. The van der Waals surface area contributed by atoms with Crippen LogP contribution in [-0.2, 0) is 14.3 Å². The van der Waals surface area contributed by atoms with Gasteiger partial charge in [0, 0.05) is 17.0 Å². The zero-order valence-electron chi connectivity index (χ0n) is 19.5. The molecule has 7 heteroatoms. The van der Waals surface area contributed by atoms with Crippen molar-refractivity contribution in [2.75, 3.05) is 6.61 Å². The molecule has 1 aromatic heterocycles. The Morgan fingerprint density at radius 3 is 2.38 bits per heavy atom. The van der Waals surface area contributed by atoms with Crippen LogP contribution in [0.4, 0.5) is 0 Å². The SMILES string of the molecule is CCOC(=O)c1ccccc1-n1c(C)cc(/C=N\N2C(=O)[C@@H]3[C@H]4C=C[C@@H]([C@@H]5C[C@@H]45)[C@H]3C2=O)c1C. The third kappa shape index (κ3) is 2.89. The van der Waals surface area contributed by atoms with Crippen LogP contribution in [0.15, 0.2) is 47.6 Å². The van der Waals surface area contributed by atoms with Crippen molar-refractivity contribution in [3.63, 3.8) is 0 Å². The topological polar surface area (TPSA) is 81.0 Å². The van der Waals surface area contributed by atoms with E-state index in [-0.39, 0.29) is 41.5 Å². The number of allylic oxidation sites excluding steroid dienone is 2. The summed E-state index contributed by atoms with van der Waals surface area (Å²) in [5.41, 5.74) is 3.75. The van der Waals surface area contributed by atoms with Crippen molar-refractivity contribution in [2.45, 2.75) is 27.2 Å². The number of nitrogens with zero attached hydrogens (tertiary/aromatic N) is 3. The molecule has 2 heterocycles. The minimum atomic E-state index is -0.377. The van der Waals surface area contributed by atoms with E-state index >= 15 is 0 Å². The van der Waals surface area contributed by atoms with Crippen molar-refractivity contribution in [3.8, 4) is 5.69 Å².